The number of nitrogens with zero attached hydrogens (tertiary/aromatic N) is 5. The highest BCUT2D eigenvalue weighted by Gasteiger charge is 2.25. The highest BCUT2D eigenvalue weighted by atomic mass is 16.2. The second-order valence-corrected chi connectivity index (χ2v) is 6.81. The van der Waals surface area contributed by atoms with E-state index in [4.69, 9.17) is 0 Å². The van der Waals surface area contributed by atoms with Crippen molar-refractivity contribution >= 4 is 16.9 Å². The van der Waals surface area contributed by atoms with Gasteiger partial charge in [-0.3, -0.25) is 14.2 Å². The molecule has 0 radical (unpaired) electrons. The molecule has 1 fully saturated rings. The predicted molar refractivity (Wildman–Crippen MR) is 85.4 cm³/mol. The van der Waals surface area contributed by atoms with Crippen LogP contribution >= 0.6 is 0 Å². The number of rotatable bonds is 3. The van der Waals surface area contributed by atoms with Crippen molar-refractivity contribution in [3.8, 4) is 0 Å². The summed E-state index contributed by atoms with van der Waals surface area (Å²) in [6, 6.07) is 0. The normalized spacial score (nSPS) is 22.5. The molecule has 0 spiro atoms. The molecule has 1 saturated heterocycles. The predicted octanol–water partition coefficient (Wildman–Crippen LogP) is 1.97. The summed E-state index contributed by atoms with van der Waals surface area (Å²) in [5.41, 5.74) is 3.02. The number of carbonyl (C=O) groups is 1. The summed E-state index contributed by atoms with van der Waals surface area (Å²) in [5.74, 6) is 1.44. The summed E-state index contributed by atoms with van der Waals surface area (Å²) >= 11 is 0. The fraction of sp³-hybridized carbons (Fsp3) is 0.688. The quantitative estimate of drug-likeness (QED) is 0.871. The first-order valence-corrected chi connectivity index (χ1v) is 8.08. The van der Waals surface area contributed by atoms with Crippen LogP contribution in [0.2, 0.25) is 0 Å². The van der Waals surface area contributed by atoms with E-state index in [-0.39, 0.29) is 5.91 Å². The van der Waals surface area contributed by atoms with Gasteiger partial charge in [-0.05, 0) is 25.2 Å². The van der Waals surface area contributed by atoms with Gasteiger partial charge < -0.3 is 4.90 Å². The van der Waals surface area contributed by atoms with Crippen LogP contribution in [0.25, 0.3) is 11.0 Å². The van der Waals surface area contributed by atoms with Gasteiger partial charge in [-0.15, -0.1) is 0 Å². The number of fused-ring (bicyclic) bond motifs is 1. The van der Waals surface area contributed by atoms with Crippen LogP contribution in [0.3, 0.4) is 0 Å². The van der Waals surface area contributed by atoms with E-state index in [1.165, 1.54) is 6.42 Å². The number of hydrogen-bond donors (Lipinski definition) is 0. The fourth-order valence-electron chi connectivity index (χ4n) is 3.71. The maximum absolute atomic E-state index is 12.5. The third kappa shape index (κ3) is 2.74. The summed E-state index contributed by atoms with van der Waals surface area (Å²) in [7, 11) is 1.92. The smallest absolute Gasteiger partial charge is 0.224 e. The number of amides is 1. The van der Waals surface area contributed by atoms with Crippen molar-refractivity contribution in [2.75, 3.05) is 13.1 Å². The molecule has 1 aliphatic heterocycles. The van der Waals surface area contributed by atoms with Crippen LogP contribution < -0.4 is 0 Å². The lowest BCUT2D eigenvalue weighted by atomic mass is 9.92. The topological polar surface area (TPSA) is 56.0 Å². The Morgan fingerprint density at radius 2 is 2.00 bits per heavy atom. The SMILES string of the molecule is Cc1nn(C)c2cnn(CCC(=O)N3CC(C)CC(C)C3)c12. The molecule has 2 atom stereocenters. The van der Waals surface area contributed by atoms with Gasteiger partial charge in [0.15, 0.2) is 0 Å². The van der Waals surface area contributed by atoms with Crippen LogP contribution in [0.5, 0.6) is 0 Å². The summed E-state index contributed by atoms with van der Waals surface area (Å²) in [6.07, 6.45) is 3.55. The molecule has 0 N–H and O–H groups in total. The van der Waals surface area contributed by atoms with Gasteiger partial charge in [0.1, 0.15) is 11.0 Å². The lowest BCUT2D eigenvalue weighted by Gasteiger charge is -2.35. The molecule has 0 saturated carbocycles. The van der Waals surface area contributed by atoms with Crippen molar-refractivity contribution in [2.45, 2.75) is 40.2 Å². The lowest BCUT2D eigenvalue weighted by Crippen LogP contribution is -2.42. The Morgan fingerprint density at radius 1 is 1.32 bits per heavy atom. The van der Waals surface area contributed by atoms with Gasteiger partial charge >= 0.3 is 0 Å². The second-order valence-electron chi connectivity index (χ2n) is 6.81. The van der Waals surface area contributed by atoms with E-state index in [0.29, 0.717) is 24.8 Å². The zero-order chi connectivity index (χ0) is 15.9. The van der Waals surface area contributed by atoms with Gasteiger partial charge in [-0.1, -0.05) is 13.8 Å². The van der Waals surface area contributed by atoms with E-state index in [1.807, 2.05) is 34.4 Å². The van der Waals surface area contributed by atoms with Gasteiger partial charge in [0, 0.05) is 26.6 Å². The molecule has 3 rings (SSSR count). The van der Waals surface area contributed by atoms with Crippen LogP contribution in [0, 0.1) is 18.8 Å². The van der Waals surface area contributed by atoms with Gasteiger partial charge in [0.25, 0.3) is 0 Å². The standard InChI is InChI=1S/C16H25N5O/c1-11-7-12(2)10-20(9-11)15(22)5-6-21-16-13(3)18-19(4)14(16)8-17-21/h8,11-12H,5-7,9-10H2,1-4H3. The number of aryl methyl sites for hydroxylation is 3. The second kappa shape index (κ2) is 5.74. The summed E-state index contributed by atoms with van der Waals surface area (Å²) in [6.45, 7) is 8.84. The van der Waals surface area contributed by atoms with Gasteiger partial charge in [0.05, 0.1) is 18.4 Å². The largest absolute Gasteiger partial charge is 0.342 e. The Kier molecular flexibility index (Phi) is 3.93. The van der Waals surface area contributed by atoms with E-state index in [1.54, 1.807) is 0 Å². The molecule has 0 aromatic carbocycles. The molecular weight excluding hydrogens is 278 g/mol. The average Bonchev–Trinajstić information content (AvgIpc) is 2.98. The van der Waals surface area contributed by atoms with Crippen molar-refractivity contribution in [3.63, 3.8) is 0 Å². The van der Waals surface area contributed by atoms with Crippen molar-refractivity contribution in [1.29, 1.82) is 0 Å². The minimum Gasteiger partial charge on any atom is -0.342 e. The number of carbonyl (C=O) groups excluding carboxylic acids is 1. The zero-order valence-corrected chi connectivity index (χ0v) is 13.9. The first kappa shape index (κ1) is 15.1. The molecule has 0 bridgehead atoms. The number of piperidine rings is 1. The molecule has 22 heavy (non-hydrogen) atoms. The molecular formula is C16H25N5O. The molecule has 6 heteroatoms. The van der Waals surface area contributed by atoms with Crippen molar-refractivity contribution in [3.05, 3.63) is 11.9 Å². The van der Waals surface area contributed by atoms with Crippen molar-refractivity contribution in [2.24, 2.45) is 18.9 Å². The number of aromatic nitrogens is 4. The van der Waals surface area contributed by atoms with E-state index in [0.717, 1.165) is 29.8 Å². The van der Waals surface area contributed by atoms with Gasteiger partial charge in [0.2, 0.25) is 5.91 Å². The van der Waals surface area contributed by atoms with Crippen molar-refractivity contribution < 1.29 is 4.79 Å². The highest BCUT2D eigenvalue weighted by Crippen LogP contribution is 2.22. The number of likely N-dealkylation sites (tertiary alicyclic amines) is 1. The Morgan fingerprint density at radius 3 is 2.68 bits per heavy atom. The Labute approximate surface area is 131 Å². The van der Waals surface area contributed by atoms with E-state index < -0.39 is 0 Å². The van der Waals surface area contributed by atoms with E-state index in [9.17, 15) is 4.79 Å². The fourth-order valence-corrected chi connectivity index (χ4v) is 3.71. The Bertz CT molecular complexity index is 676. The van der Waals surface area contributed by atoms with E-state index >= 15 is 0 Å². The van der Waals surface area contributed by atoms with Crippen LogP contribution in [0.1, 0.15) is 32.4 Å². The highest BCUT2D eigenvalue weighted by molar-refractivity contribution is 5.78. The third-order valence-electron chi connectivity index (χ3n) is 4.57. The minimum absolute atomic E-state index is 0.239. The molecule has 3 heterocycles. The first-order chi connectivity index (χ1) is 10.5. The van der Waals surface area contributed by atoms with Crippen LogP contribution in [-0.4, -0.2) is 43.5 Å². The minimum atomic E-state index is 0.239. The molecule has 2 unspecified atom stereocenters. The summed E-state index contributed by atoms with van der Waals surface area (Å²) in [4.78, 5) is 14.5. The lowest BCUT2D eigenvalue weighted by molar-refractivity contribution is -0.134. The Balaban J connectivity index is 1.67. The summed E-state index contributed by atoms with van der Waals surface area (Å²) in [5, 5.41) is 8.82. The molecule has 2 aromatic heterocycles. The van der Waals surface area contributed by atoms with Crippen LogP contribution in [0.15, 0.2) is 6.20 Å². The molecule has 2 aromatic rings. The first-order valence-electron chi connectivity index (χ1n) is 8.08. The van der Waals surface area contributed by atoms with Gasteiger partial charge in [-0.2, -0.15) is 10.2 Å². The molecule has 120 valence electrons. The molecule has 1 amide bonds. The maximum atomic E-state index is 12.5. The maximum Gasteiger partial charge on any atom is 0.224 e. The average molecular weight is 303 g/mol. The molecule has 6 nitrogen and oxygen atoms in total. The van der Waals surface area contributed by atoms with Crippen LogP contribution in [0.4, 0.5) is 0 Å². The van der Waals surface area contributed by atoms with E-state index in [2.05, 4.69) is 24.0 Å². The van der Waals surface area contributed by atoms with Crippen molar-refractivity contribution in [1.82, 2.24) is 24.5 Å². The van der Waals surface area contributed by atoms with Gasteiger partial charge in [-0.25, -0.2) is 0 Å². The third-order valence-corrected chi connectivity index (χ3v) is 4.57. The summed E-state index contributed by atoms with van der Waals surface area (Å²) < 4.78 is 3.75. The monoisotopic (exact) mass is 303 g/mol. The zero-order valence-electron chi connectivity index (χ0n) is 13.9. The van der Waals surface area contributed by atoms with Crippen LogP contribution in [-0.2, 0) is 18.4 Å². The molecule has 1 aliphatic rings. The molecule has 0 aliphatic carbocycles. The number of hydrogen-bond acceptors (Lipinski definition) is 3. The Hall–Kier alpha value is -1.85.